The lowest BCUT2D eigenvalue weighted by molar-refractivity contribution is -0.670. The van der Waals surface area contributed by atoms with E-state index in [9.17, 15) is 24.6 Å². The van der Waals surface area contributed by atoms with Gasteiger partial charge in [0.15, 0.2) is 0 Å². The van der Waals surface area contributed by atoms with Crippen molar-refractivity contribution < 1.29 is 29.4 Å². The number of para-hydroxylation sites is 1. The number of nitrogens with two attached hydrogens (primary N) is 1. The standard InChI is InChI=1S/C23H20N2O7.C4H9NO/c1-24-20(27)18(21(28)25(2)23(24)30)16(12-8-10-13(31-3)11-9-12)17-19(26)14-6-4-5-7-15(14)32-22(17)29;1-3-6-4-2-5-1/h4-11,16,26-27H,1-3H3;5H,1-4H2. The van der Waals surface area contributed by atoms with Crippen molar-refractivity contribution in [2.75, 3.05) is 33.4 Å². The molecule has 2 aromatic heterocycles. The van der Waals surface area contributed by atoms with Gasteiger partial charge in [-0.1, -0.05) is 24.3 Å². The summed E-state index contributed by atoms with van der Waals surface area (Å²) in [5, 5.41) is 26.6. The maximum Gasteiger partial charge on any atom is 0.344 e. The Morgan fingerprint density at radius 3 is 2.21 bits per heavy atom. The molecule has 5 rings (SSSR count). The molecule has 0 spiro atoms. The molecule has 11 heteroatoms. The van der Waals surface area contributed by atoms with Gasteiger partial charge in [-0.2, -0.15) is 0 Å². The first-order valence-electron chi connectivity index (χ1n) is 12.0. The number of hydrogen-bond acceptors (Lipinski definition) is 8. The molecule has 200 valence electrons. The largest absolute Gasteiger partial charge is 0.860 e. The van der Waals surface area contributed by atoms with Crippen molar-refractivity contribution in [2.24, 2.45) is 14.1 Å². The minimum Gasteiger partial charge on any atom is -0.860 e. The zero-order valence-corrected chi connectivity index (χ0v) is 21.3. The molecule has 38 heavy (non-hydrogen) atoms. The van der Waals surface area contributed by atoms with Crippen molar-refractivity contribution >= 4 is 11.0 Å². The summed E-state index contributed by atoms with van der Waals surface area (Å²) >= 11 is 0. The molecule has 1 aliphatic heterocycles. The fourth-order valence-corrected chi connectivity index (χ4v) is 4.35. The summed E-state index contributed by atoms with van der Waals surface area (Å²) < 4.78 is 17.2. The van der Waals surface area contributed by atoms with Crippen molar-refractivity contribution in [1.29, 1.82) is 0 Å². The first kappa shape index (κ1) is 26.7. The van der Waals surface area contributed by atoms with Gasteiger partial charge in [-0.3, -0.25) is 9.36 Å². The van der Waals surface area contributed by atoms with E-state index in [1.54, 1.807) is 42.5 Å². The number of ether oxygens (including phenoxy) is 2. The molecule has 1 fully saturated rings. The average molecular weight is 524 g/mol. The third kappa shape index (κ3) is 5.06. The quantitative estimate of drug-likeness (QED) is 0.347. The molecular weight excluding hydrogens is 494 g/mol. The normalized spacial score (nSPS) is 14.0. The van der Waals surface area contributed by atoms with Gasteiger partial charge in [-0.05, 0) is 35.7 Å². The molecule has 0 bridgehead atoms. The monoisotopic (exact) mass is 523 g/mol. The lowest BCUT2D eigenvalue weighted by Gasteiger charge is -2.25. The Morgan fingerprint density at radius 1 is 0.974 bits per heavy atom. The number of aromatic hydroxyl groups is 1. The van der Waals surface area contributed by atoms with Gasteiger partial charge in [-0.15, -0.1) is 0 Å². The third-order valence-corrected chi connectivity index (χ3v) is 6.42. The number of aromatic nitrogens is 2. The topological polar surface area (TPSA) is 153 Å². The van der Waals surface area contributed by atoms with Crippen molar-refractivity contribution in [1.82, 2.24) is 9.13 Å². The summed E-state index contributed by atoms with van der Waals surface area (Å²) in [4.78, 5) is 38.3. The van der Waals surface area contributed by atoms with E-state index in [2.05, 4.69) is 5.32 Å². The molecule has 1 saturated heterocycles. The first-order valence-corrected chi connectivity index (χ1v) is 12.0. The van der Waals surface area contributed by atoms with Gasteiger partial charge in [0.1, 0.15) is 17.1 Å². The summed E-state index contributed by atoms with van der Waals surface area (Å²) in [6.45, 7) is 4.19. The lowest BCUT2D eigenvalue weighted by atomic mass is 9.85. The molecule has 0 aliphatic carbocycles. The van der Waals surface area contributed by atoms with Crippen molar-refractivity contribution in [3.63, 3.8) is 0 Å². The minimum atomic E-state index is -1.29. The van der Waals surface area contributed by atoms with Gasteiger partial charge in [0, 0.05) is 19.7 Å². The van der Waals surface area contributed by atoms with E-state index < -0.39 is 34.4 Å². The molecule has 4 aromatic rings. The molecule has 3 heterocycles. The van der Waals surface area contributed by atoms with Gasteiger partial charge >= 0.3 is 11.3 Å². The highest BCUT2D eigenvalue weighted by Gasteiger charge is 2.30. The predicted octanol–water partition coefficient (Wildman–Crippen LogP) is -0.262. The van der Waals surface area contributed by atoms with E-state index in [4.69, 9.17) is 13.9 Å². The summed E-state index contributed by atoms with van der Waals surface area (Å²) in [5.74, 6) is -2.06. The van der Waals surface area contributed by atoms with Gasteiger partial charge < -0.3 is 34.0 Å². The summed E-state index contributed by atoms with van der Waals surface area (Å²) in [5.41, 5.74) is -2.70. The smallest absolute Gasteiger partial charge is 0.344 e. The molecule has 11 nitrogen and oxygen atoms in total. The van der Waals surface area contributed by atoms with Crippen LogP contribution in [0.3, 0.4) is 0 Å². The fraction of sp³-hybridized carbons (Fsp3) is 0.296. The molecule has 0 radical (unpaired) electrons. The van der Waals surface area contributed by atoms with Gasteiger partial charge in [-0.25, -0.2) is 9.59 Å². The van der Waals surface area contributed by atoms with E-state index in [0.717, 1.165) is 35.4 Å². The van der Waals surface area contributed by atoms with Crippen LogP contribution >= 0.6 is 0 Å². The second-order valence-corrected chi connectivity index (χ2v) is 8.76. The molecule has 1 atom stereocenters. The molecule has 0 amide bonds. The molecule has 0 saturated carbocycles. The first-order chi connectivity index (χ1) is 18.3. The van der Waals surface area contributed by atoms with Crippen LogP contribution in [0.25, 0.3) is 11.0 Å². The van der Waals surface area contributed by atoms with E-state index in [1.807, 2.05) is 0 Å². The predicted molar refractivity (Wildman–Crippen MR) is 137 cm³/mol. The third-order valence-electron chi connectivity index (χ3n) is 6.42. The average Bonchev–Trinajstić information content (AvgIpc) is 2.95. The number of benzene rings is 2. The second-order valence-electron chi connectivity index (χ2n) is 8.76. The zero-order chi connectivity index (χ0) is 27.4. The number of morpholine rings is 1. The van der Waals surface area contributed by atoms with Crippen molar-refractivity contribution in [3.8, 4) is 17.4 Å². The molecular formula is C27H29N3O8. The number of hydrogen-bond donors (Lipinski definition) is 2. The molecule has 3 N–H and O–H groups in total. The van der Waals surface area contributed by atoms with Crippen LogP contribution in [0.4, 0.5) is 0 Å². The van der Waals surface area contributed by atoms with Crippen LogP contribution in [0, 0.1) is 0 Å². The number of quaternary nitrogens is 1. The van der Waals surface area contributed by atoms with Gasteiger partial charge in [0.25, 0.3) is 5.56 Å². The summed E-state index contributed by atoms with van der Waals surface area (Å²) in [6.07, 6.45) is 0. The van der Waals surface area contributed by atoms with Crippen LogP contribution in [0.2, 0.25) is 0 Å². The Kier molecular flexibility index (Phi) is 7.99. The Morgan fingerprint density at radius 2 is 1.63 bits per heavy atom. The van der Waals surface area contributed by atoms with Crippen LogP contribution in [0.15, 0.2) is 67.3 Å². The highest BCUT2D eigenvalue weighted by Crippen LogP contribution is 2.39. The maximum atomic E-state index is 13.1. The van der Waals surface area contributed by atoms with E-state index in [0.29, 0.717) is 11.3 Å². The lowest BCUT2D eigenvalue weighted by Crippen LogP contribution is -2.87. The molecule has 1 aliphatic rings. The Bertz CT molecular complexity index is 1600. The highest BCUT2D eigenvalue weighted by molar-refractivity contribution is 5.84. The van der Waals surface area contributed by atoms with E-state index in [-0.39, 0.29) is 22.1 Å². The van der Waals surface area contributed by atoms with Crippen LogP contribution in [-0.2, 0) is 18.8 Å². The van der Waals surface area contributed by atoms with Crippen LogP contribution in [0.1, 0.15) is 22.6 Å². The van der Waals surface area contributed by atoms with E-state index in [1.165, 1.54) is 27.3 Å². The Labute approximate surface area is 217 Å². The minimum absolute atomic E-state index is 0.156. The van der Waals surface area contributed by atoms with Gasteiger partial charge in [0.05, 0.1) is 50.3 Å². The van der Waals surface area contributed by atoms with Gasteiger partial charge in [0.2, 0.25) is 0 Å². The Hall–Kier alpha value is -4.35. The number of fused-ring (bicyclic) bond motifs is 1. The SMILES string of the molecule is C1COCC[NH2+]1.COc1ccc(C(c2c(O)c3ccccc3oc2=O)c2c([O-])n(C)c(=O)n(C)c2=O)cc1. The second kappa shape index (κ2) is 11.4. The van der Waals surface area contributed by atoms with Crippen LogP contribution in [0.5, 0.6) is 17.4 Å². The maximum absolute atomic E-state index is 13.1. The molecule has 2 aromatic carbocycles. The van der Waals surface area contributed by atoms with Crippen LogP contribution < -0.4 is 32.0 Å². The summed E-state index contributed by atoms with van der Waals surface area (Å²) in [6, 6.07) is 12.7. The highest BCUT2D eigenvalue weighted by atomic mass is 16.5. The van der Waals surface area contributed by atoms with Crippen molar-refractivity contribution in [3.05, 3.63) is 96.5 Å². The van der Waals surface area contributed by atoms with Crippen LogP contribution in [-0.4, -0.2) is 47.7 Å². The number of nitrogens with zero attached hydrogens (tertiary/aromatic N) is 2. The number of methoxy groups -OCH3 is 1. The molecule has 1 unspecified atom stereocenters. The Balaban J connectivity index is 0.000000494. The van der Waals surface area contributed by atoms with Crippen molar-refractivity contribution in [2.45, 2.75) is 5.92 Å². The number of rotatable bonds is 4. The van der Waals surface area contributed by atoms with E-state index >= 15 is 0 Å². The summed E-state index contributed by atoms with van der Waals surface area (Å²) in [7, 11) is 3.96. The fourth-order valence-electron chi connectivity index (χ4n) is 4.35. The zero-order valence-electron chi connectivity index (χ0n) is 21.3.